The molecule has 0 spiro atoms. The Morgan fingerprint density at radius 1 is 1.25 bits per heavy atom. The summed E-state index contributed by atoms with van der Waals surface area (Å²) in [6, 6.07) is 0. The molecule has 0 bridgehead atoms. The summed E-state index contributed by atoms with van der Waals surface area (Å²) in [6.07, 6.45) is 7.70. The number of rotatable bonds is 7. The summed E-state index contributed by atoms with van der Waals surface area (Å²) in [6.45, 7) is 7.04. The second-order valence-corrected chi connectivity index (χ2v) is 6.76. The summed E-state index contributed by atoms with van der Waals surface area (Å²) >= 11 is 5.11. The fourth-order valence-electron chi connectivity index (χ4n) is 3.21. The van der Waals surface area contributed by atoms with E-state index in [0.29, 0.717) is 17.8 Å². The monoisotopic (exact) mass is 298 g/mol. The van der Waals surface area contributed by atoms with Crippen LogP contribution in [0.5, 0.6) is 0 Å². The Morgan fingerprint density at radius 2 is 1.80 bits per heavy atom. The van der Waals surface area contributed by atoms with Crippen molar-refractivity contribution in [1.29, 1.82) is 0 Å². The van der Waals surface area contributed by atoms with E-state index in [0.717, 1.165) is 24.8 Å². The Kier molecular flexibility index (Phi) is 6.93. The average molecular weight is 298 g/mol. The Bertz CT molecular complexity index is 331. The highest BCUT2D eigenvalue weighted by atomic mass is 32.1. The van der Waals surface area contributed by atoms with E-state index in [4.69, 9.17) is 18.0 Å². The summed E-state index contributed by atoms with van der Waals surface area (Å²) in [5, 5.41) is 3.06. The van der Waals surface area contributed by atoms with Crippen LogP contribution in [0.3, 0.4) is 0 Å². The van der Waals surface area contributed by atoms with Gasteiger partial charge in [-0.3, -0.25) is 4.79 Å². The number of hydrogen-bond acceptors (Lipinski definition) is 2. The smallest absolute Gasteiger partial charge is 0.233 e. The molecular weight excluding hydrogens is 268 g/mol. The number of hydrogen-bond donors (Lipinski definition) is 2. The maximum absolute atomic E-state index is 12.4. The fourth-order valence-corrected chi connectivity index (χ4v) is 3.59. The molecule has 3 N–H and O–H groups in total. The minimum atomic E-state index is -0.656. The minimum absolute atomic E-state index is 0.0131. The van der Waals surface area contributed by atoms with Crippen LogP contribution in [-0.2, 0) is 4.79 Å². The number of amides is 1. The molecule has 0 radical (unpaired) electrons. The third-order valence-electron chi connectivity index (χ3n) is 5.09. The molecule has 4 heteroatoms. The first-order chi connectivity index (χ1) is 9.46. The van der Waals surface area contributed by atoms with E-state index in [1.54, 1.807) is 0 Å². The van der Waals surface area contributed by atoms with Crippen LogP contribution in [0.2, 0.25) is 0 Å². The highest BCUT2D eigenvalue weighted by molar-refractivity contribution is 7.80. The highest BCUT2D eigenvalue weighted by Crippen LogP contribution is 2.30. The van der Waals surface area contributed by atoms with E-state index in [9.17, 15) is 4.79 Å². The standard InChI is InChI=1S/C16H30N2OS/c1-4-16(5-2,14(17)20)15(19)18-11-10-13-8-6-12(3)7-9-13/h12-13H,4-11H2,1-3H3,(H2,17,20)(H,18,19). The van der Waals surface area contributed by atoms with Crippen molar-refractivity contribution >= 4 is 23.1 Å². The van der Waals surface area contributed by atoms with Gasteiger partial charge in [0.2, 0.25) is 5.91 Å². The van der Waals surface area contributed by atoms with Crippen molar-refractivity contribution in [2.45, 2.75) is 65.7 Å². The Hall–Kier alpha value is -0.640. The molecule has 20 heavy (non-hydrogen) atoms. The minimum Gasteiger partial charge on any atom is -0.392 e. The van der Waals surface area contributed by atoms with E-state index in [1.165, 1.54) is 25.7 Å². The predicted molar refractivity (Wildman–Crippen MR) is 88.5 cm³/mol. The second kappa shape index (κ2) is 7.96. The maximum atomic E-state index is 12.4. The third-order valence-corrected chi connectivity index (χ3v) is 5.48. The van der Waals surface area contributed by atoms with Crippen LogP contribution in [0.15, 0.2) is 0 Å². The number of nitrogens with two attached hydrogens (primary N) is 1. The van der Waals surface area contributed by atoms with Crippen LogP contribution >= 0.6 is 12.2 Å². The fraction of sp³-hybridized carbons (Fsp3) is 0.875. The molecule has 0 saturated heterocycles. The molecule has 0 aromatic carbocycles. The van der Waals surface area contributed by atoms with Gasteiger partial charge in [-0.1, -0.05) is 58.7 Å². The van der Waals surface area contributed by atoms with Gasteiger partial charge in [0.1, 0.15) is 0 Å². The quantitative estimate of drug-likeness (QED) is 0.708. The molecule has 0 aromatic heterocycles. The molecule has 1 fully saturated rings. The van der Waals surface area contributed by atoms with Crippen molar-refractivity contribution in [3.8, 4) is 0 Å². The summed E-state index contributed by atoms with van der Waals surface area (Å²) in [5.41, 5.74) is 5.14. The van der Waals surface area contributed by atoms with E-state index in [-0.39, 0.29) is 5.91 Å². The first-order valence-corrected chi connectivity index (χ1v) is 8.45. The van der Waals surface area contributed by atoms with E-state index < -0.39 is 5.41 Å². The van der Waals surface area contributed by atoms with Crippen LogP contribution in [0, 0.1) is 17.3 Å². The van der Waals surface area contributed by atoms with Crippen molar-refractivity contribution < 1.29 is 4.79 Å². The van der Waals surface area contributed by atoms with Gasteiger partial charge in [-0.15, -0.1) is 0 Å². The highest BCUT2D eigenvalue weighted by Gasteiger charge is 2.37. The lowest BCUT2D eigenvalue weighted by Crippen LogP contribution is -2.48. The van der Waals surface area contributed by atoms with Gasteiger partial charge in [-0.05, 0) is 31.1 Å². The van der Waals surface area contributed by atoms with Crippen LogP contribution in [-0.4, -0.2) is 17.4 Å². The SMILES string of the molecule is CCC(CC)(C(=O)NCCC1CCC(C)CC1)C(N)=S. The Labute approximate surface area is 129 Å². The van der Waals surface area contributed by atoms with Crippen LogP contribution in [0.25, 0.3) is 0 Å². The van der Waals surface area contributed by atoms with Crippen molar-refractivity contribution in [1.82, 2.24) is 5.32 Å². The lowest BCUT2D eigenvalue weighted by molar-refractivity contribution is -0.127. The Morgan fingerprint density at radius 3 is 2.25 bits per heavy atom. The zero-order valence-corrected chi connectivity index (χ0v) is 14.0. The number of carbonyl (C=O) groups excluding carboxylic acids is 1. The number of nitrogens with one attached hydrogen (secondary N) is 1. The zero-order chi connectivity index (χ0) is 15.2. The molecule has 116 valence electrons. The van der Waals surface area contributed by atoms with Gasteiger partial charge in [-0.25, -0.2) is 0 Å². The van der Waals surface area contributed by atoms with Gasteiger partial charge < -0.3 is 11.1 Å². The van der Waals surface area contributed by atoms with Gasteiger partial charge in [0.15, 0.2) is 0 Å². The van der Waals surface area contributed by atoms with E-state index in [2.05, 4.69) is 12.2 Å². The largest absolute Gasteiger partial charge is 0.392 e. The summed E-state index contributed by atoms with van der Waals surface area (Å²) in [4.78, 5) is 12.7. The molecule has 3 nitrogen and oxygen atoms in total. The zero-order valence-electron chi connectivity index (χ0n) is 13.2. The second-order valence-electron chi connectivity index (χ2n) is 6.32. The van der Waals surface area contributed by atoms with Gasteiger partial charge in [0.25, 0.3) is 0 Å². The van der Waals surface area contributed by atoms with Crippen molar-refractivity contribution in [3.05, 3.63) is 0 Å². The summed E-state index contributed by atoms with van der Waals surface area (Å²) in [5.74, 6) is 1.66. The molecule has 1 aliphatic carbocycles. The first-order valence-electron chi connectivity index (χ1n) is 8.04. The van der Waals surface area contributed by atoms with E-state index in [1.807, 2.05) is 13.8 Å². The molecule has 0 atom stereocenters. The number of carbonyl (C=O) groups is 1. The summed E-state index contributed by atoms with van der Waals surface area (Å²) < 4.78 is 0. The molecule has 1 rings (SSSR count). The molecule has 0 aromatic rings. The van der Waals surface area contributed by atoms with Gasteiger partial charge in [-0.2, -0.15) is 0 Å². The van der Waals surface area contributed by atoms with Crippen LogP contribution in [0.4, 0.5) is 0 Å². The predicted octanol–water partition coefficient (Wildman–Crippen LogP) is 3.41. The molecular formula is C16H30N2OS. The molecule has 0 heterocycles. The maximum Gasteiger partial charge on any atom is 0.233 e. The van der Waals surface area contributed by atoms with Gasteiger partial charge in [0.05, 0.1) is 10.4 Å². The molecule has 0 aliphatic heterocycles. The topological polar surface area (TPSA) is 55.1 Å². The van der Waals surface area contributed by atoms with Gasteiger partial charge in [0, 0.05) is 6.54 Å². The summed E-state index contributed by atoms with van der Waals surface area (Å²) in [7, 11) is 0. The molecule has 1 amide bonds. The Balaban J connectivity index is 2.40. The molecule has 1 saturated carbocycles. The van der Waals surface area contributed by atoms with Gasteiger partial charge >= 0.3 is 0 Å². The van der Waals surface area contributed by atoms with Crippen molar-refractivity contribution in [2.24, 2.45) is 23.0 Å². The van der Waals surface area contributed by atoms with Crippen molar-refractivity contribution in [2.75, 3.05) is 6.54 Å². The first kappa shape index (κ1) is 17.4. The van der Waals surface area contributed by atoms with Crippen LogP contribution < -0.4 is 11.1 Å². The molecule has 1 aliphatic rings. The van der Waals surface area contributed by atoms with Crippen molar-refractivity contribution in [3.63, 3.8) is 0 Å². The van der Waals surface area contributed by atoms with Crippen LogP contribution in [0.1, 0.15) is 65.7 Å². The third kappa shape index (κ3) is 4.18. The number of thiocarbonyl (C=S) groups is 1. The van der Waals surface area contributed by atoms with E-state index >= 15 is 0 Å². The average Bonchev–Trinajstić information content (AvgIpc) is 2.42. The lowest BCUT2D eigenvalue weighted by atomic mass is 9.80. The lowest BCUT2D eigenvalue weighted by Gasteiger charge is -2.30. The molecule has 0 unspecified atom stereocenters. The normalized spacial score (nSPS) is 23.4.